The van der Waals surface area contributed by atoms with Crippen LogP contribution in [0.15, 0.2) is 83.7 Å². The first kappa shape index (κ1) is 28.8. The number of aliphatic carboxylic acids is 1. The largest absolute Gasteiger partial charge is 0.480 e. The molecule has 3 aliphatic rings. The monoisotopic (exact) mass is 639 g/mol. The van der Waals surface area contributed by atoms with E-state index >= 15 is 0 Å². The fourth-order valence-electron chi connectivity index (χ4n) is 6.61. The van der Waals surface area contributed by atoms with Crippen LogP contribution < -0.4 is 19.7 Å². The number of thiazole rings is 1. The minimum atomic E-state index is -1.15. The van der Waals surface area contributed by atoms with Crippen LogP contribution >= 0.6 is 35.3 Å². The summed E-state index contributed by atoms with van der Waals surface area (Å²) in [4.78, 5) is 43.3. The summed E-state index contributed by atoms with van der Waals surface area (Å²) in [6, 6.07) is 26.9. The van der Waals surface area contributed by atoms with Gasteiger partial charge in [0, 0.05) is 24.2 Å². The number of hydrogen-bond acceptors (Lipinski definition) is 7. The maximum absolute atomic E-state index is 13.6. The number of aromatic nitrogens is 1. The van der Waals surface area contributed by atoms with Gasteiger partial charge in [0.2, 0.25) is 0 Å². The summed E-state index contributed by atoms with van der Waals surface area (Å²) < 4.78 is 2.28. The Balaban J connectivity index is 1.27. The third kappa shape index (κ3) is 5.31. The number of carbonyl (C=O) groups is 2. The van der Waals surface area contributed by atoms with Gasteiger partial charge in [0.25, 0.3) is 11.5 Å². The molecule has 1 N–H and O–H groups in total. The first-order valence-corrected chi connectivity index (χ1v) is 16.6. The number of anilines is 1. The second kappa shape index (κ2) is 11.8. The number of carboxylic acid groups (broad SMARTS) is 1. The summed E-state index contributed by atoms with van der Waals surface area (Å²) in [6.07, 6.45) is 5.31. The molecule has 2 fully saturated rings. The molecular formula is C34H29N3O4S3. The van der Waals surface area contributed by atoms with Crippen molar-refractivity contribution < 1.29 is 14.7 Å². The van der Waals surface area contributed by atoms with Gasteiger partial charge in [-0.15, -0.1) is 11.3 Å². The Morgan fingerprint density at radius 1 is 0.955 bits per heavy atom. The standard InChI is InChI=1S/C34H29N3O4S3/c38-29(39)20-36-31(40)28(43-33(36)30-32(41)37(34(42)44-30)19-22-10-5-2-6-11-22)17-23-14-15-27-25(16-23)24-12-7-13-26(24)35(27)18-21-8-3-1-4-9-21/h1-6,8-11,14-17,24,26H,7,12-13,18-20H2,(H,38,39). The van der Waals surface area contributed by atoms with Crippen LogP contribution in [0.4, 0.5) is 5.69 Å². The van der Waals surface area contributed by atoms with Crippen molar-refractivity contribution in [3.05, 3.63) is 121 Å². The van der Waals surface area contributed by atoms with Crippen molar-refractivity contribution in [3.63, 3.8) is 0 Å². The second-order valence-electron chi connectivity index (χ2n) is 11.3. The van der Waals surface area contributed by atoms with Gasteiger partial charge >= 0.3 is 5.97 Å². The Bertz CT molecular complexity index is 1970. The molecule has 2 aliphatic heterocycles. The summed E-state index contributed by atoms with van der Waals surface area (Å²) >= 11 is 7.80. The Kier molecular flexibility index (Phi) is 7.74. The molecule has 0 bridgehead atoms. The Morgan fingerprint density at radius 3 is 2.36 bits per heavy atom. The van der Waals surface area contributed by atoms with Crippen LogP contribution in [0.5, 0.6) is 0 Å². The average Bonchev–Trinajstić information content (AvgIpc) is 3.76. The summed E-state index contributed by atoms with van der Waals surface area (Å²) in [5.74, 6) is -1.02. The van der Waals surface area contributed by atoms with Crippen molar-refractivity contribution in [1.29, 1.82) is 0 Å². The number of nitrogens with zero attached hydrogens (tertiary/aromatic N) is 3. The molecule has 3 aromatic carbocycles. The molecule has 0 spiro atoms. The molecule has 1 saturated carbocycles. The van der Waals surface area contributed by atoms with Crippen molar-refractivity contribution >= 4 is 68.2 Å². The molecule has 44 heavy (non-hydrogen) atoms. The molecule has 1 aromatic heterocycles. The predicted molar refractivity (Wildman–Crippen MR) is 179 cm³/mol. The topological polar surface area (TPSA) is 82.8 Å². The molecule has 4 aromatic rings. The van der Waals surface area contributed by atoms with Crippen LogP contribution in [0, 0.1) is 0 Å². The van der Waals surface area contributed by atoms with Gasteiger partial charge in [-0.3, -0.25) is 23.9 Å². The summed E-state index contributed by atoms with van der Waals surface area (Å²) in [5, 5.41) is 9.64. The molecule has 1 amide bonds. The molecule has 1 aliphatic carbocycles. The Morgan fingerprint density at radius 2 is 1.66 bits per heavy atom. The van der Waals surface area contributed by atoms with E-state index in [1.165, 1.54) is 32.7 Å². The summed E-state index contributed by atoms with van der Waals surface area (Å²) in [7, 11) is 0. The highest BCUT2D eigenvalue weighted by Crippen LogP contribution is 2.50. The fraction of sp³-hybridized carbons (Fsp3) is 0.235. The molecule has 1 saturated heterocycles. The van der Waals surface area contributed by atoms with Gasteiger partial charge in [-0.2, -0.15) is 0 Å². The lowest BCUT2D eigenvalue weighted by molar-refractivity contribution is -0.137. The van der Waals surface area contributed by atoms with Gasteiger partial charge in [0.05, 0.1) is 11.1 Å². The number of amides is 1. The van der Waals surface area contributed by atoms with Crippen molar-refractivity contribution in [2.45, 2.75) is 50.9 Å². The van der Waals surface area contributed by atoms with Crippen LogP contribution in [0.25, 0.3) is 11.0 Å². The molecule has 10 heteroatoms. The van der Waals surface area contributed by atoms with Gasteiger partial charge < -0.3 is 10.0 Å². The lowest BCUT2D eigenvalue weighted by Crippen LogP contribution is -2.35. The fourth-order valence-corrected chi connectivity index (χ4v) is 9.12. The van der Waals surface area contributed by atoms with Gasteiger partial charge in [-0.25, -0.2) is 0 Å². The third-order valence-electron chi connectivity index (χ3n) is 8.56. The zero-order chi connectivity index (χ0) is 30.4. The average molecular weight is 640 g/mol. The van der Waals surface area contributed by atoms with E-state index < -0.39 is 18.1 Å². The zero-order valence-electron chi connectivity index (χ0n) is 23.7. The molecule has 0 radical (unpaired) electrons. The molecule has 3 heterocycles. The first-order valence-electron chi connectivity index (χ1n) is 14.6. The number of thiocarbonyl (C=S) groups is 1. The Labute approximate surface area is 267 Å². The van der Waals surface area contributed by atoms with Crippen molar-refractivity contribution in [1.82, 2.24) is 9.47 Å². The first-order chi connectivity index (χ1) is 21.4. The van der Waals surface area contributed by atoms with E-state index in [-0.39, 0.29) is 10.8 Å². The molecular weight excluding hydrogens is 611 g/mol. The zero-order valence-corrected chi connectivity index (χ0v) is 26.2. The van der Waals surface area contributed by atoms with Crippen LogP contribution in [-0.2, 0) is 29.2 Å². The van der Waals surface area contributed by atoms with Crippen LogP contribution in [0.2, 0.25) is 0 Å². The van der Waals surface area contributed by atoms with Crippen molar-refractivity contribution in [2.24, 2.45) is 0 Å². The third-order valence-corrected chi connectivity index (χ3v) is 11.3. The highest BCUT2D eigenvalue weighted by molar-refractivity contribution is 8.30. The van der Waals surface area contributed by atoms with Crippen molar-refractivity contribution in [3.8, 4) is 0 Å². The minimum Gasteiger partial charge on any atom is -0.480 e. The van der Waals surface area contributed by atoms with E-state index in [0.29, 0.717) is 32.0 Å². The number of thioether (sulfide) groups is 1. The molecule has 222 valence electrons. The van der Waals surface area contributed by atoms with E-state index in [4.69, 9.17) is 12.2 Å². The highest BCUT2D eigenvalue weighted by Gasteiger charge is 2.41. The second-order valence-corrected chi connectivity index (χ2v) is 14.0. The molecule has 7 rings (SSSR count). The Hall–Kier alpha value is -3.99. The van der Waals surface area contributed by atoms with E-state index in [2.05, 4.69) is 41.3 Å². The van der Waals surface area contributed by atoms with E-state index in [0.717, 1.165) is 53.6 Å². The van der Waals surface area contributed by atoms with E-state index in [9.17, 15) is 19.5 Å². The van der Waals surface area contributed by atoms with Crippen LogP contribution in [-0.4, -0.2) is 36.8 Å². The smallest absolute Gasteiger partial charge is 0.323 e. The summed E-state index contributed by atoms with van der Waals surface area (Å²) in [6.45, 7) is 0.629. The minimum absolute atomic E-state index is 0.285. The maximum atomic E-state index is 13.6. The van der Waals surface area contributed by atoms with Crippen LogP contribution in [0.1, 0.15) is 47.4 Å². The highest BCUT2D eigenvalue weighted by atomic mass is 32.2. The van der Waals surface area contributed by atoms with Gasteiger partial charge in [-0.1, -0.05) is 97.1 Å². The number of hydrogen-bond donors (Lipinski definition) is 1. The van der Waals surface area contributed by atoms with Gasteiger partial charge in [0.15, 0.2) is 0 Å². The molecule has 2 unspecified atom stereocenters. The van der Waals surface area contributed by atoms with Crippen LogP contribution in [0.3, 0.4) is 0 Å². The van der Waals surface area contributed by atoms with E-state index in [1.54, 1.807) is 0 Å². The SMILES string of the molecule is O=C(O)Cn1c(=C2SC(=S)N(Cc3ccccc3)C2=O)sc(=Cc2ccc3c(c2)C2CCCC2N3Cc2ccccc2)c1=O. The number of rotatable bonds is 7. The number of fused-ring (bicyclic) bond motifs is 3. The normalized spacial score (nSPS) is 20.9. The lowest BCUT2D eigenvalue weighted by atomic mass is 9.96. The quantitative estimate of drug-likeness (QED) is 0.295. The maximum Gasteiger partial charge on any atom is 0.323 e. The van der Waals surface area contributed by atoms with E-state index in [1.807, 2.05) is 48.5 Å². The lowest BCUT2D eigenvalue weighted by Gasteiger charge is -2.27. The number of carboxylic acids is 1. The predicted octanol–water partition coefficient (Wildman–Crippen LogP) is 4.65. The summed E-state index contributed by atoms with van der Waals surface area (Å²) in [5.41, 5.74) is 5.22. The molecule has 7 nitrogen and oxygen atoms in total. The molecule has 2 atom stereocenters. The van der Waals surface area contributed by atoms with Gasteiger partial charge in [0.1, 0.15) is 20.4 Å². The van der Waals surface area contributed by atoms with Gasteiger partial charge in [-0.05, 0) is 53.3 Å². The van der Waals surface area contributed by atoms with Crippen molar-refractivity contribution in [2.75, 3.05) is 4.90 Å². The number of carbonyl (C=O) groups excluding carboxylic acids is 1. The number of benzene rings is 3.